The average molecular weight is 437 g/mol. The predicted molar refractivity (Wildman–Crippen MR) is 120 cm³/mol. The molecule has 8 heteroatoms. The van der Waals surface area contributed by atoms with Crippen LogP contribution in [-0.4, -0.2) is 48.4 Å². The number of piperidine rings is 1. The molecule has 0 radical (unpaired) electrons. The summed E-state index contributed by atoms with van der Waals surface area (Å²) in [6.45, 7) is 3.28. The second-order valence-corrected chi connectivity index (χ2v) is 7.90. The Balaban J connectivity index is 1.53. The monoisotopic (exact) mass is 437 g/mol. The first kappa shape index (κ1) is 21.7. The van der Waals surface area contributed by atoms with Gasteiger partial charge in [0.25, 0.3) is 5.91 Å². The molecule has 1 aromatic heterocycles. The van der Waals surface area contributed by atoms with Gasteiger partial charge in [0.05, 0.1) is 12.0 Å². The molecule has 0 saturated carbocycles. The average Bonchev–Trinajstić information content (AvgIpc) is 3.34. The van der Waals surface area contributed by atoms with Crippen molar-refractivity contribution in [3.63, 3.8) is 0 Å². The van der Waals surface area contributed by atoms with Crippen LogP contribution >= 0.6 is 0 Å². The van der Waals surface area contributed by atoms with Gasteiger partial charge in [-0.25, -0.2) is 0 Å². The number of hydrogen-bond donors (Lipinski definition) is 1. The van der Waals surface area contributed by atoms with Crippen molar-refractivity contribution < 1.29 is 23.5 Å². The number of fused-ring (bicyclic) bond motifs is 1. The second-order valence-electron chi connectivity index (χ2n) is 7.90. The third kappa shape index (κ3) is 4.85. The van der Waals surface area contributed by atoms with Gasteiger partial charge in [-0.2, -0.15) is 0 Å². The van der Waals surface area contributed by atoms with Gasteiger partial charge in [0.15, 0.2) is 6.10 Å². The predicted octanol–water partition coefficient (Wildman–Crippen LogP) is 3.45. The molecule has 2 aliphatic rings. The topological polar surface area (TPSA) is 92.1 Å². The number of hydrogen-bond acceptors (Lipinski definition) is 5. The highest BCUT2D eigenvalue weighted by atomic mass is 16.5. The number of carbonyl (C=O) groups is 3. The molecule has 1 N–H and O–H groups in total. The summed E-state index contributed by atoms with van der Waals surface area (Å²) in [5.74, 6) is 0.430. The van der Waals surface area contributed by atoms with Crippen LogP contribution in [0.25, 0.3) is 6.08 Å². The van der Waals surface area contributed by atoms with Crippen molar-refractivity contribution in [1.29, 1.82) is 0 Å². The summed E-state index contributed by atoms with van der Waals surface area (Å²) in [7, 11) is 0. The largest absolute Gasteiger partial charge is 0.478 e. The van der Waals surface area contributed by atoms with Crippen molar-refractivity contribution in [2.24, 2.45) is 0 Å². The molecule has 1 fully saturated rings. The summed E-state index contributed by atoms with van der Waals surface area (Å²) in [6, 6.07) is 8.58. The fourth-order valence-electron chi connectivity index (χ4n) is 3.93. The van der Waals surface area contributed by atoms with E-state index in [-0.39, 0.29) is 24.3 Å². The minimum atomic E-state index is -0.631. The summed E-state index contributed by atoms with van der Waals surface area (Å²) >= 11 is 0. The summed E-state index contributed by atoms with van der Waals surface area (Å²) in [5, 5.41) is 2.78. The molecule has 32 heavy (non-hydrogen) atoms. The first-order valence-electron chi connectivity index (χ1n) is 11.0. The van der Waals surface area contributed by atoms with Crippen LogP contribution in [0.15, 0.2) is 47.1 Å². The van der Waals surface area contributed by atoms with E-state index in [1.807, 2.05) is 11.8 Å². The van der Waals surface area contributed by atoms with Crippen LogP contribution in [0, 0.1) is 0 Å². The second kappa shape index (κ2) is 9.72. The maximum absolute atomic E-state index is 13.0. The van der Waals surface area contributed by atoms with Crippen molar-refractivity contribution in [1.82, 2.24) is 4.90 Å². The Morgan fingerprint density at radius 2 is 2.00 bits per heavy atom. The van der Waals surface area contributed by atoms with Crippen LogP contribution < -0.4 is 15.0 Å². The molecule has 2 aliphatic heterocycles. The Bertz CT molecular complexity index is 1010. The van der Waals surface area contributed by atoms with Gasteiger partial charge in [0, 0.05) is 24.9 Å². The summed E-state index contributed by atoms with van der Waals surface area (Å²) in [6.07, 6.45) is 7.42. The first-order chi connectivity index (χ1) is 15.5. The molecule has 1 unspecified atom stereocenters. The number of furan rings is 1. The zero-order valence-corrected chi connectivity index (χ0v) is 18.1. The van der Waals surface area contributed by atoms with E-state index < -0.39 is 6.10 Å². The molecule has 4 rings (SSSR count). The SMILES string of the molecule is CCC1Oc2ccc(NC(=O)/C=C/c3ccco3)cc2N(CC(=O)N2CCCCC2)C1=O. The van der Waals surface area contributed by atoms with Crippen molar-refractivity contribution in [2.75, 3.05) is 29.9 Å². The molecule has 168 valence electrons. The van der Waals surface area contributed by atoms with Crippen molar-refractivity contribution in [2.45, 2.75) is 38.7 Å². The van der Waals surface area contributed by atoms with Gasteiger partial charge >= 0.3 is 0 Å². The number of amides is 3. The lowest BCUT2D eigenvalue weighted by atomic mass is 10.1. The Morgan fingerprint density at radius 3 is 2.72 bits per heavy atom. The van der Waals surface area contributed by atoms with E-state index >= 15 is 0 Å². The highest BCUT2D eigenvalue weighted by Gasteiger charge is 2.35. The van der Waals surface area contributed by atoms with Gasteiger partial charge < -0.3 is 19.4 Å². The summed E-state index contributed by atoms with van der Waals surface area (Å²) in [4.78, 5) is 41.5. The Labute approximate surface area is 186 Å². The molecule has 3 amide bonds. The maximum atomic E-state index is 13.0. The van der Waals surface area contributed by atoms with Crippen LogP contribution in [-0.2, 0) is 14.4 Å². The molecule has 1 saturated heterocycles. The minimum Gasteiger partial charge on any atom is -0.478 e. The van der Waals surface area contributed by atoms with Crippen molar-refractivity contribution in [3.05, 3.63) is 48.4 Å². The molecule has 1 atom stereocenters. The fourth-order valence-corrected chi connectivity index (χ4v) is 3.93. The summed E-state index contributed by atoms with van der Waals surface area (Å²) in [5.41, 5.74) is 0.984. The fraction of sp³-hybridized carbons (Fsp3) is 0.375. The van der Waals surface area contributed by atoms with Gasteiger partial charge in [0.2, 0.25) is 11.8 Å². The van der Waals surface area contributed by atoms with Gasteiger partial charge in [-0.05, 0) is 62.1 Å². The van der Waals surface area contributed by atoms with E-state index in [4.69, 9.17) is 9.15 Å². The van der Waals surface area contributed by atoms with Crippen LogP contribution in [0.1, 0.15) is 38.4 Å². The maximum Gasteiger partial charge on any atom is 0.268 e. The van der Waals surface area contributed by atoms with Crippen LogP contribution in [0.3, 0.4) is 0 Å². The Kier molecular flexibility index (Phi) is 6.58. The van der Waals surface area contributed by atoms with Crippen molar-refractivity contribution >= 4 is 35.2 Å². The molecular weight excluding hydrogens is 410 g/mol. The quantitative estimate of drug-likeness (QED) is 0.699. The normalized spacial score (nSPS) is 18.4. The molecule has 2 aromatic rings. The lowest BCUT2D eigenvalue weighted by molar-refractivity contribution is -0.134. The van der Waals surface area contributed by atoms with E-state index in [9.17, 15) is 14.4 Å². The molecule has 0 bridgehead atoms. The van der Waals surface area contributed by atoms with E-state index in [0.29, 0.717) is 29.3 Å². The van der Waals surface area contributed by atoms with E-state index in [2.05, 4.69) is 5.32 Å². The number of likely N-dealkylation sites (tertiary alicyclic amines) is 1. The number of anilines is 2. The van der Waals surface area contributed by atoms with Crippen LogP contribution in [0.2, 0.25) is 0 Å². The third-order valence-corrected chi connectivity index (χ3v) is 5.64. The van der Waals surface area contributed by atoms with Gasteiger partial charge in [0.1, 0.15) is 18.1 Å². The van der Waals surface area contributed by atoms with Crippen LogP contribution in [0.5, 0.6) is 5.75 Å². The highest BCUT2D eigenvalue weighted by molar-refractivity contribution is 6.06. The molecule has 3 heterocycles. The lowest BCUT2D eigenvalue weighted by Gasteiger charge is -2.36. The lowest BCUT2D eigenvalue weighted by Crippen LogP contribution is -2.51. The highest BCUT2D eigenvalue weighted by Crippen LogP contribution is 2.37. The smallest absolute Gasteiger partial charge is 0.268 e. The van der Waals surface area contributed by atoms with E-state index in [1.54, 1.807) is 36.4 Å². The van der Waals surface area contributed by atoms with E-state index in [0.717, 1.165) is 32.4 Å². The van der Waals surface area contributed by atoms with E-state index in [1.165, 1.54) is 17.2 Å². The van der Waals surface area contributed by atoms with Gasteiger partial charge in [-0.1, -0.05) is 6.92 Å². The molecule has 8 nitrogen and oxygen atoms in total. The summed E-state index contributed by atoms with van der Waals surface area (Å²) < 4.78 is 11.0. The number of nitrogens with one attached hydrogen (secondary N) is 1. The number of rotatable bonds is 6. The van der Waals surface area contributed by atoms with Gasteiger partial charge in [-0.3, -0.25) is 19.3 Å². The van der Waals surface area contributed by atoms with Crippen molar-refractivity contribution in [3.8, 4) is 5.75 Å². The number of benzene rings is 1. The standard InChI is InChI=1S/C24H27N3O5/c1-2-20-24(30)27(16-23(29)26-12-4-3-5-13-26)19-15-17(8-10-21(19)32-20)25-22(28)11-9-18-7-6-14-31-18/h6-11,14-15,20H,2-5,12-13,16H2,1H3,(H,25,28)/b11-9+. The zero-order valence-electron chi connectivity index (χ0n) is 18.1. The zero-order chi connectivity index (χ0) is 22.5. The number of nitrogens with zero attached hydrogens (tertiary/aromatic N) is 2. The first-order valence-corrected chi connectivity index (χ1v) is 11.0. The number of ether oxygens (including phenoxy) is 1. The molecular formula is C24H27N3O5. The molecule has 0 aliphatic carbocycles. The van der Waals surface area contributed by atoms with Crippen LogP contribution in [0.4, 0.5) is 11.4 Å². The number of carbonyl (C=O) groups excluding carboxylic acids is 3. The molecule has 1 aromatic carbocycles. The minimum absolute atomic E-state index is 0.0402. The Morgan fingerprint density at radius 1 is 1.19 bits per heavy atom. The third-order valence-electron chi connectivity index (χ3n) is 5.64. The Hall–Kier alpha value is -3.55. The van der Waals surface area contributed by atoms with Gasteiger partial charge in [-0.15, -0.1) is 0 Å². The molecule has 0 spiro atoms.